The standard InChI is InChI=1S/C16H34N4O/c1-4-6-9-20-10-7-15(8-11-20)19-16(17-5-2)18-12-14(3)13-21/h14-15,21H,4-13H2,1-3H3,(H2,17,18,19). The highest BCUT2D eigenvalue weighted by Crippen LogP contribution is 2.11. The minimum absolute atomic E-state index is 0.193. The monoisotopic (exact) mass is 298 g/mol. The van der Waals surface area contributed by atoms with E-state index >= 15 is 0 Å². The second kappa shape index (κ2) is 10.9. The van der Waals surface area contributed by atoms with Crippen LogP contribution in [0.15, 0.2) is 4.99 Å². The zero-order valence-electron chi connectivity index (χ0n) is 14.1. The summed E-state index contributed by atoms with van der Waals surface area (Å²) in [6.45, 7) is 11.7. The van der Waals surface area contributed by atoms with Gasteiger partial charge in [-0.2, -0.15) is 0 Å². The van der Waals surface area contributed by atoms with Gasteiger partial charge in [0.2, 0.25) is 0 Å². The molecule has 0 amide bonds. The summed E-state index contributed by atoms with van der Waals surface area (Å²) in [5.41, 5.74) is 0. The minimum atomic E-state index is 0.193. The lowest BCUT2D eigenvalue weighted by Crippen LogP contribution is -2.49. The van der Waals surface area contributed by atoms with Crippen LogP contribution in [0.2, 0.25) is 0 Å². The lowest BCUT2D eigenvalue weighted by Gasteiger charge is -2.33. The summed E-state index contributed by atoms with van der Waals surface area (Å²) in [5, 5.41) is 15.9. The quantitative estimate of drug-likeness (QED) is 0.469. The normalized spacial score (nSPS) is 19.5. The van der Waals surface area contributed by atoms with Crippen molar-refractivity contribution in [2.75, 3.05) is 39.3 Å². The smallest absolute Gasteiger partial charge is 0.191 e. The SMILES string of the molecule is CCCCN1CCC(NC(=NCC(C)CO)NCC)CC1. The molecular weight excluding hydrogens is 264 g/mol. The Balaban J connectivity index is 2.35. The minimum Gasteiger partial charge on any atom is -0.396 e. The zero-order valence-corrected chi connectivity index (χ0v) is 14.1. The number of aliphatic hydroxyl groups is 1. The lowest BCUT2D eigenvalue weighted by molar-refractivity contribution is 0.203. The van der Waals surface area contributed by atoms with Crippen molar-refractivity contribution in [3.63, 3.8) is 0 Å². The molecule has 0 aromatic heterocycles. The maximum absolute atomic E-state index is 9.08. The maximum atomic E-state index is 9.08. The Morgan fingerprint density at radius 2 is 2.05 bits per heavy atom. The van der Waals surface area contributed by atoms with Crippen LogP contribution in [0.3, 0.4) is 0 Å². The van der Waals surface area contributed by atoms with Crippen LogP contribution in [0.25, 0.3) is 0 Å². The second-order valence-corrected chi connectivity index (χ2v) is 6.12. The molecule has 0 aromatic carbocycles. The molecule has 124 valence electrons. The Kier molecular flexibility index (Phi) is 9.42. The molecular formula is C16H34N4O. The number of rotatable bonds is 8. The van der Waals surface area contributed by atoms with Crippen molar-refractivity contribution in [3.05, 3.63) is 0 Å². The number of piperidine rings is 1. The average Bonchev–Trinajstić information content (AvgIpc) is 2.51. The Morgan fingerprint density at radius 1 is 1.33 bits per heavy atom. The summed E-state index contributed by atoms with van der Waals surface area (Å²) in [6.07, 6.45) is 4.95. The maximum Gasteiger partial charge on any atom is 0.191 e. The van der Waals surface area contributed by atoms with Crippen LogP contribution < -0.4 is 10.6 Å². The van der Waals surface area contributed by atoms with E-state index in [-0.39, 0.29) is 12.5 Å². The predicted molar refractivity (Wildman–Crippen MR) is 89.7 cm³/mol. The third-order valence-corrected chi connectivity index (χ3v) is 3.97. The fraction of sp³-hybridized carbons (Fsp3) is 0.938. The van der Waals surface area contributed by atoms with E-state index in [9.17, 15) is 0 Å². The van der Waals surface area contributed by atoms with Gasteiger partial charge in [0.25, 0.3) is 0 Å². The molecule has 0 radical (unpaired) electrons. The molecule has 1 fully saturated rings. The van der Waals surface area contributed by atoms with Gasteiger partial charge in [-0.15, -0.1) is 0 Å². The average molecular weight is 298 g/mol. The van der Waals surface area contributed by atoms with E-state index in [0.717, 1.165) is 12.5 Å². The number of guanidine groups is 1. The molecule has 5 nitrogen and oxygen atoms in total. The van der Waals surface area contributed by atoms with Crippen molar-refractivity contribution >= 4 is 5.96 Å². The highest BCUT2D eigenvalue weighted by molar-refractivity contribution is 5.80. The van der Waals surface area contributed by atoms with Gasteiger partial charge in [-0.3, -0.25) is 4.99 Å². The molecule has 0 spiro atoms. The fourth-order valence-electron chi connectivity index (χ4n) is 2.50. The summed E-state index contributed by atoms with van der Waals surface area (Å²) >= 11 is 0. The second-order valence-electron chi connectivity index (χ2n) is 6.12. The van der Waals surface area contributed by atoms with E-state index in [1.165, 1.54) is 45.3 Å². The Morgan fingerprint density at radius 3 is 2.62 bits per heavy atom. The van der Waals surface area contributed by atoms with Gasteiger partial charge in [0.05, 0.1) is 0 Å². The first-order valence-corrected chi connectivity index (χ1v) is 8.57. The molecule has 1 unspecified atom stereocenters. The van der Waals surface area contributed by atoms with E-state index in [4.69, 9.17) is 5.11 Å². The van der Waals surface area contributed by atoms with Crippen LogP contribution in [0.5, 0.6) is 0 Å². The zero-order chi connectivity index (χ0) is 15.5. The van der Waals surface area contributed by atoms with Gasteiger partial charge < -0.3 is 20.6 Å². The number of aliphatic hydroxyl groups excluding tert-OH is 1. The van der Waals surface area contributed by atoms with Crippen molar-refractivity contribution in [2.24, 2.45) is 10.9 Å². The summed E-state index contributed by atoms with van der Waals surface area (Å²) in [7, 11) is 0. The van der Waals surface area contributed by atoms with Gasteiger partial charge in [-0.05, 0) is 38.6 Å². The molecule has 0 saturated carbocycles. The number of nitrogens with zero attached hydrogens (tertiary/aromatic N) is 2. The van der Waals surface area contributed by atoms with Crippen molar-refractivity contribution in [1.29, 1.82) is 0 Å². The molecule has 1 aliphatic heterocycles. The van der Waals surface area contributed by atoms with Crippen molar-refractivity contribution in [2.45, 2.75) is 52.5 Å². The number of unbranched alkanes of at least 4 members (excludes halogenated alkanes) is 1. The van der Waals surface area contributed by atoms with Crippen LogP contribution in [-0.2, 0) is 0 Å². The van der Waals surface area contributed by atoms with E-state index < -0.39 is 0 Å². The molecule has 0 aromatic rings. The van der Waals surface area contributed by atoms with Crippen molar-refractivity contribution in [3.8, 4) is 0 Å². The Labute approximate surface area is 130 Å². The summed E-state index contributed by atoms with van der Waals surface area (Å²) in [4.78, 5) is 7.14. The molecule has 0 bridgehead atoms. The molecule has 1 atom stereocenters. The number of hydrogen-bond acceptors (Lipinski definition) is 3. The molecule has 1 aliphatic rings. The topological polar surface area (TPSA) is 59.9 Å². The van der Waals surface area contributed by atoms with Crippen LogP contribution in [0.4, 0.5) is 0 Å². The highest BCUT2D eigenvalue weighted by atomic mass is 16.3. The molecule has 1 heterocycles. The van der Waals surface area contributed by atoms with Crippen LogP contribution in [-0.4, -0.2) is 61.3 Å². The fourth-order valence-corrected chi connectivity index (χ4v) is 2.50. The number of nitrogens with one attached hydrogen (secondary N) is 2. The molecule has 3 N–H and O–H groups in total. The first-order chi connectivity index (χ1) is 10.2. The van der Waals surface area contributed by atoms with Gasteiger partial charge in [0.15, 0.2) is 5.96 Å². The number of likely N-dealkylation sites (tertiary alicyclic amines) is 1. The summed E-state index contributed by atoms with van der Waals surface area (Å²) in [5.74, 6) is 1.11. The largest absolute Gasteiger partial charge is 0.396 e. The number of hydrogen-bond donors (Lipinski definition) is 3. The van der Waals surface area contributed by atoms with Crippen molar-refractivity contribution < 1.29 is 5.11 Å². The van der Waals surface area contributed by atoms with E-state index in [1.54, 1.807) is 0 Å². The third-order valence-electron chi connectivity index (χ3n) is 3.97. The first-order valence-electron chi connectivity index (χ1n) is 8.57. The van der Waals surface area contributed by atoms with E-state index in [1.807, 2.05) is 6.92 Å². The van der Waals surface area contributed by atoms with Crippen LogP contribution >= 0.6 is 0 Å². The number of aliphatic imine (C=N–C) groups is 1. The Bertz CT molecular complexity index is 288. The van der Waals surface area contributed by atoms with E-state index in [0.29, 0.717) is 12.6 Å². The third kappa shape index (κ3) is 7.67. The van der Waals surface area contributed by atoms with Gasteiger partial charge in [0, 0.05) is 38.8 Å². The lowest BCUT2D eigenvalue weighted by atomic mass is 10.0. The van der Waals surface area contributed by atoms with Gasteiger partial charge in [0.1, 0.15) is 0 Å². The van der Waals surface area contributed by atoms with Gasteiger partial charge in [-0.1, -0.05) is 20.3 Å². The first kappa shape index (κ1) is 18.2. The molecule has 1 saturated heterocycles. The van der Waals surface area contributed by atoms with Crippen LogP contribution in [0.1, 0.15) is 46.5 Å². The predicted octanol–water partition coefficient (Wildman–Crippen LogP) is 1.43. The molecule has 21 heavy (non-hydrogen) atoms. The van der Waals surface area contributed by atoms with E-state index in [2.05, 4.69) is 34.4 Å². The van der Waals surface area contributed by atoms with Gasteiger partial charge >= 0.3 is 0 Å². The highest BCUT2D eigenvalue weighted by Gasteiger charge is 2.19. The molecule has 0 aliphatic carbocycles. The molecule has 1 rings (SSSR count). The Hall–Kier alpha value is -0.810. The summed E-state index contributed by atoms with van der Waals surface area (Å²) in [6, 6.07) is 0.519. The van der Waals surface area contributed by atoms with Gasteiger partial charge in [-0.25, -0.2) is 0 Å². The van der Waals surface area contributed by atoms with Crippen molar-refractivity contribution in [1.82, 2.24) is 15.5 Å². The molecule has 5 heteroatoms. The van der Waals surface area contributed by atoms with Crippen LogP contribution in [0, 0.1) is 5.92 Å². The summed E-state index contributed by atoms with van der Waals surface area (Å²) < 4.78 is 0.